The molecule has 0 saturated heterocycles. The van der Waals surface area contributed by atoms with Gasteiger partial charge in [0.2, 0.25) is 0 Å². The Morgan fingerprint density at radius 1 is 1.62 bits per heavy atom. The third-order valence-corrected chi connectivity index (χ3v) is 0.804. The van der Waals surface area contributed by atoms with Crippen molar-refractivity contribution >= 4 is 12.2 Å². The second kappa shape index (κ2) is 3.78. The second-order valence-electron chi connectivity index (χ2n) is 1.09. The van der Waals surface area contributed by atoms with E-state index in [0.29, 0.717) is 4.77 Å². The van der Waals surface area contributed by atoms with Gasteiger partial charge in [-0.05, 0) is 18.3 Å². The van der Waals surface area contributed by atoms with Gasteiger partial charge >= 0.3 is 17.1 Å². The third kappa shape index (κ3) is 2.21. The molecule has 0 fully saturated rings. The first-order valence-electron chi connectivity index (χ1n) is 1.89. The number of aromatic amines is 1. The van der Waals surface area contributed by atoms with Gasteiger partial charge in [0.15, 0.2) is 4.77 Å². The number of H-pyrrole nitrogens is 1. The molecule has 1 heterocycles. The predicted octanol–water partition coefficient (Wildman–Crippen LogP) is 1.14. The van der Waals surface area contributed by atoms with E-state index in [9.17, 15) is 0 Å². The summed E-state index contributed by atoms with van der Waals surface area (Å²) in [7, 11) is 0. The molecule has 1 aromatic rings. The fraction of sp³-hybridized carbons (Fsp3) is 0. The first kappa shape index (κ1) is 7.82. The molecule has 0 aliphatic rings. The summed E-state index contributed by atoms with van der Waals surface area (Å²) >= 11 is 4.65. The van der Waals surface area contributed by atoms with Crippen LogP contribution in [0.1, 0.15) is 0 Å². The number of aromatic nitrogens is 2. The Labute approximate surface area is 62.8 Å². The van der Waals surface area contributed by atoms with Crippen molar-refractivity contribution in [2.45, 2.75) is 0 Å². The minimum atomic E-state index is 0. The Kier molecular flexibility index (Phi) is 3.69. The molecule has 0 bridgehead atoms. The molecule has 1 N–H and O–H groups in total. The van der Waals surface area contributed by atoms with Gasteiger partial charge in [-0.2, -0.15) is 0 Å². The van der Waals surface area contributed by atoms with Crippen molar-refractivity contribution in [3.8, 4) is 0 Å². The summed E-state index contributed by atoms with van der Waals surface area (Å²) < 4.78 is 0.530. The number of hydrogen-bond acceptors (Lipinski definition) is 2. The Morgan fingerprint density at radius 2 is 2.38 bits per heavy atom. The first-order chi connectivity index (χ1) is 3.39. The summed E-state index contributed by atoms with van der Waals surface area (Å²) in [6, 6.07) is 1.79. The van der Waals surface area contributed by atoms with Crippen molar-refractivity contribution in [1.82, 2.24) is 9.97 Å². The van der Waals surface area contributed by atoms with Crippen molar-refractivity contribution in [2.75, 3.05) is 0 Å². The summed E-state index contributed by atoms with van der Waals surface area (Å²) in [4.78, 5) is 6.47. The van der Waals surface area contributed by atoms with Gasteiger partial charge in [0.1, 0.15) is 0 Å². The molecule has 0 aliphatic carbocycles. The molecular formula is C4H4CuN2S+2. The minimum Gasteiger partial charge on any atom is -0.337 e. The first-order valence-corrected chi connectivity index (χ1v) is 2.30. The molecule has 0 aliphatic heterocycles. The van der Waals surface area contributed by atoms with Crippen LogP contribution in [0.15, 0.2) is 18.5 Å². The van der Waals surface area contributed by atoms with Gasteiger partial charge in [-0.1, -0.05) is 0 Å². The van der Waals surface area contributed by atoms with Crippen LogP contribution >= 0.6 is 12.2 Å². The van der Waals surface area contributed by atoms with Gasteiger partial charge in [0.25, 0.3) is 0 Å². The molecule has 1 rings (SSSR count). The predicted molar refractivity (Wildman–Crippen MR) is 29.4 cm³/mol. The van der Waals surface area contributed by atoms with Crippen molar-refractivity contribution < 1.29 is 17.1 Å². The zero-order chi connectivity index (χ0) is 5.11. The van der Waals surface area contributed by atoms with Gasteiger partial charge in [-0.25, -0.2) is 4.98 Å². The summed E-state index contributed by atoms with van der Waals surface area (Å²) in [5, 5.41) is 0. The number of rotatable bonds is 0. The Balaban J connectivity index is 0.000000490. The maximum Gasteiger partial charge on any atom is 2.00 e. The van der Waals surface area contributed by atoms with Crippen LogP contribution in [0, 0.1) is 4.77 Å². The zero-order valence-electron chi connectivity index (χ0n) is 3.89. The van der Waals surface area contributed by atoms with Crippen LogP contribution < -0.4 is 0 Å². The number of nitrogens with zero attached hydrogens (tertiary/aromatic N) is 1. The number of nitrogens with one attached hydrogen (secondary N) is 1. The average Bonchev–Trinajstić information content (AvgIpc) is 1.69. The molecule has 0 aromatic carbocycles. The van der Waals surface area contributed by atoms with Gasteiger partial charge in [0.05, 0.1) is 0 Å². The van der Waals surface area contributed by atoms with Gasteiger partial charge < -0.3 is 4.98 Å². The fourth-order valence-corrected chi connectivity index (χ4v) is 0.439. The standard InChI is InChI=1S/C4H4N2S.Cu/c7-4-5-2-1-3-6-4;/h1-3H,(H,5,6,7);/q;+2. The minimum absolute atomic E-state index is 0. The topological polar surface area (TPSA) is 28.7 Å². The quantitative estimate of drug-likeness (QED) is 0.473. The molecule has 0 spiro atoms. The Morgan fingerprint density at radius 3 is 2.62 bits per heavy atom. The van der Waals surface area contributed by atoms with Crippen LogP contribution in [0.4, 0.5) is 0 Å². The van der Waals surface area contributed by atoms with E-state index < -0.39 is 0 Å². The SMILES string of the molecule is S=c1nccc[nH]1.[Cu+2]. The largest absolute Gasteiger partial charge is 2.00 e. The number of hydrogen-bond donors (Lipinski definition) is 1. The molecule has 0 unspecified atom stereocenters. The summed E-state index contributed by atoms with van der Waals surface area (Å²) in [6.07, 6.45) is 3.40. The summed E-state index contributed by atoms with van der Waals surface area (Å²) in [5.74, 6) is 0. The molecular weight excluding hydrogens is 172 g/mol. The monoisotopic (exact) mass is 175 g/mol. The van der Waals surface area contributed by atoms with E-state index in [1.54, 1.807) is 18.5 Å². The van der Waals surface area contributed by atoms with E-state index in [0.717, 1.165) is 0 Å². The third-order valence-electron chi connectivity index (χ3n) is 0.581. The second-order valence-corrected chi connectivity index (χ2v) is 1.47. The molecule has 8 heavy (non-hydrogen) atoms. The van der Waals surface area contributed by atoms with Crippen LogP contribution in [-0.4, -0.2) is 9.97 Å². The molecule has 0 atom stereocenters. The molecule has 4 heteroatoms. The summed E-state index contributed by atoms with van der Waals surface area (Å²) in [6.45, 7) is 0. The maximum atomic E-state index is 4.65. The molecule has 0 amide bonds. The Hall–Kier alpha value is -0.181. The van der Waals surface area contributed by atoms with E-state index in [1.807, 2.05) is 0 Å². The van der Waals surface area contributed by atoms with Crippen LogP contribution in [-0.2, 0) is 17.1 Å². The van der Waals surface area contributed by atoms with Crippen LogP contribution in [0.3, 0.4) is 0 Å². The van der Waals surface area contributed by atoms with E-state index >= 15 is 0 Å². The smallest absolute Gasteiger partial charge is 0.337 e. The van der Waals surface area contributed by atoms with Crippen LogP contribution in [0.5, 0.6) is 0 Å². The maximum absolute atomic E-state index is 4.65. The fourth-order valence-electron chi connectivity index (χ4n) is 0.310. The van der Waals surface area contributed by atoms with Gasteiger partial charge in [-0.3, -0.25) is 0 Å². The Bertz CT molecular complexity index is 180. The van der Waals surface area contributed by atoms with Crippen molar-refractivity contribution in [3.05, 3.63) is 23.2 Å². The van der Waals surface area contributed by atoms with Gasteiger partial charge in [0, 0.05) is 12.4 Å². The zero-order valence-corrected chi connectivity index (χ0v) is 5.65. The molecule has 0 saturated carbocycles. The van der Waals surface area contributed by atoms with E-state index in [2.05, 4.69) is 22.2 Å². The molecule has 1 radical (unpaired) electrons. The van der Waals surface area contributed by atoms with E-state index in [1.165, 1.54) is 0 Å². The molecule has 45 valence electrons. The van der Waals surface area contributed by atoms with Crippen LogP contribution in [0.25, 0.3) is 0 Å². The van der Waals surface area contributed by atoms with Crippen molar-refractivity contribution in [3.63, 3.8) is 0 Å². The normalized spacial score (nSPS) is 7.50. The molecule has 2 nitrogen and oxygen atoms in total. The van der Waals surface area contributed by atoms with E-state index in [-0.39, 0.29) is 17.1 Å². The average molecular weight is 176 g/mol. The van der Waals surface area contributed by atoms with Gasteiger partial charge in [-0.15, -0.1) is 0 Å². The molecule has 1 aromatic heterocycles. The van der Waals surface area contributed by atoms with Crippen molar-refractivity contribution in [2.24, 2.45) is 0 Å². The van der Waals surface area contributed by atoms with Crippen LogP contribution in [0.2, 0.25) is 0 Å². The summed E-state index contributed by atoms with van der Waals surface area (Å²) in [5.41, 5.74) is 0. The van der Waals surface area contributed by atoms with E-state index in [4.69, 9.17) is 0 Å². The van der Waals surface area contributed by atoms with Crippen molar-refractivity contribution in [1.29, 1.82) is 0 Å².